The molecular formula is C21H28FN3O8S. The lowest BCUT2D eigenvalue weighted by Gasteiger charge is -2.30. The van der Waals surface area contributed by atoms with Crippen LogP contribution >= 0.6 is 0 Å². The van der Waals surface area contributed by atoms with Crippen LogP contribution < -0.4 is 9.03 Å². The molecule has 1 saturated heterocycles. The number of rotatable bonds is 8. The minimum atomic E-state index is -4.34. The molecule has 11 nitrogen and oxygen atoms in total. The molecule has 0 bridgehead atoms. The van der Waals surface area contributed by atoms with Gasteiger partial charge in [0.25, 0.3) is 5.91 Å². The van der Waals surface area contributed by atoms with Gasteiger partial charge in [0, 0.05) is 18.2 Å². The van der Waals surface area contributed by atoms with Gasteiger partial charge in [-0.3, -0.25) is 14.3 Å². The van der Waals surface area contributed by atoms with Crippen molar-refractivity contribution in [1.82, 2.24) is 9.62 Å². The molecule has 2 aliphatic heterocycles. The highest BCUT2D eigenvalue weighted by Crippen LogP contribution is 2.39. The van der Waals surface area contributed by atoms with Crippen molar-refractivity contribution in [3.8, 4) is 5.75 Å². The molecule has 34 heavy (non-hydrogen) atoms. The summed E-state index contributed by atoms with van der Waals surface area (Å²) in [5.41, 5.74) is -0.236. The standard InChI is InChI=1S/C21H28FN3O8S/c1-5-14-8-13(9-24(14)21(29)33-12(4)32-20(28)11(2)3)15-6-7-16(26)19(18(15)22)25-10-17(27)23-34(25,30)31/h6-8,11-12,14,21,26,29H,5,9-10H2,1-4H3,(H,23,27). The average Bonchev–Trinajstić information content (AvgIpc) is 3.27. The van der Waals surface area contributed by atoms with Crippen molar-refractivity contribution in [3.63, 3.8) is 0 Å². The fourth-order valence-corrected chi connectivity index (χ4v) is 4.89. The maximum Gasteiger partial charge on any atom is 0.326 e. The molecule has 0 spiro atoms. The number of ether oxygens (including phenoxy) is 2. The number of hydrogen-bond donors (Lipinski definition) is 3. The minimum Gasteiger partial charge on any atom is -0.506 e. The number of anilines is 1. The third kappa shape index (κ3) is 5.17. The molecular weight excluding hydrogens is 473 g/mol. The van der Waals surface area contributed by atoms with E-state index in [1.165, 1.54) is 17.9 Å². The van der Waals surface area contributed by atoms with Crippen LogP contribution in [0.3, 0.4) is 0 Å². The van der Waals surface area contributed by atoms with E-state index in [9.17, 15) is 28.2 Å². The van der Waals surface area contributed by atoms with Crippen molar-refractivity contribution in [3.05, 3.63) is 29.6 Å². The Kier molecular flexibility index (Phi) is 7.50. The second-order valence-electron chi connectivity index (χ2n) is 8.29. The zero-order valence-corrected chi connectivity index (χ0v) is 20.0. The second kappa shape index (κ2) is 9.86. The third-order valence-electron chi connectivity index (χ3n) is 5.45. The summed E-state index contributed by atoms with van der Waals surface area (Å²) in [5.74, 6) is -3.39. The molecule has 188 valence electrons. The molecule has 1 aromatic rings. The number of esters is 1. The van der Waals surface area contributed by atoms with Gasteiger partial charge in [-0.2, -0.15) is 8.42 Å². The highest BCUT2D eigenvalue weighted by Gasteiger charge is 2.39. The molecule has 0 aliphatic carbocycles. The zero-order chi connectivity index (χ0) is 25.4. The Labute approximate surface area is 196 Å². The van der Waals surface area contributed by atoms with Gasteiger partial charge in [-0.25, -0.2) is 18.3 Å². The lowest BCUT2D eigenvalue weighted by atomic mass is 10.0. The fraction of sp³-hybridized carbons (Fsp3) is 0.524. The Morgan fingerprint density at radius 2 is 1.97 bits per heavy atom. The van der Waals surface area contributed by atoms with E-state index in [-0.39, 0.29) is 24.1 Å². The highest BCUT2D eigenvalue weighted by molar-refractivity contribution is 7.92. The summed E-state index contributed by atoms with van der Waals surface area (Å²) in [6.45, 7) is 5.99. The van der Waals surface area contributed by atoms with Gasteiger partial charge >= 0.3 is 16.2 Å². The van der Waals surface area contributed by atoms with Crippen LogP contribution in [0.2, 0.25) is 0 Å². The Morgan fingerprint density at radius 1 is 1.29 bits per heavy atom. The summed E-state index contributed by atoms with van der Waals surface area (Å²) in [7, 11) is -4.34. The maximum atomic E-state index is 15.5. The lowest BCUT2D eigenvalue weighted by Crippen LogP contribution is -2.43. The number of benzene rings is 1. The van der Waals surface area contributed by atoms with Crippen molar-refractivity contribution in [2.75, 3.05) is 17.4 Å². The molecule has 3 rings (SSSR count). The Hall–Kier alpha value is -2.74. The number of hydrogen-bond acceptors (Lipinski definition) is 9. The molecule has 1 aromatic carbocycles. The number of nitrogens with zero attached hydrogens (tertiary/aromatic N) is 2. The van der Waals surface area contributed by atoms with E-state index >= 15 is 4.39 Å². The first-order chi connectivity index (χ1) is 15.9. The summed E-state index contributed by atoms with van der Waals surface area (Å²) in [6.07, 6.45) is -0.295. The van der Waals surface area contributed by atoms with Crippen LogP contribution in [0.4, 0.5) is 10.1 Å². The van der Waals surface area contributed by atoms with Gasteiger partial charge in [0.1, 0.15) is 18.0 Å². The molecule has 0 radical (unpaired) electrons. The summed E-state index contributed by atoms with van der Waals surface area (Å²) in [6, 6.07) is 2.05. The van der Waals surface area contributed by atoms with Crippen molar-refractivity contribution in [2.24, 2.45) is 5.92 Å². The molecule has 3 unspecified atom stereocenters. The first-order valence-electron chi connectivity index (χ1n) is 10.7. The van der Waals surface area contributed by atoms with Crippen LogP contribution in [0.5, 0.6) is 5.75 Å². The molecule has 2 heterocycles. The minimum absolute atomic E-state index is 0.00483. The largest absolute Gasteiger partial charge is 0.506 e. The predicted molar refractivity (Wildman–Crippen MR) is 119 cm³/mol. The number of aromatic hydroxyl groups is 1. The maximum absolute atomic E-state index is 15.5. The van der Waals surface area contributed by atoms with E-state index in [4.69, 9.17) is 9.47 Å². The van der Waals surface area contributed by atoms with E-state index in [0.29, 0.717) is 16.3 Å². The number of carbonyl (C=O) groups is 2. The van der Waals surface area contributed by atoms with Gasteiger partial charge in [0.2, 0.25) is 12.7 Å². The average molecular weight is 502 g/mol. The van der Waals surface area contributed by atoms with Crippen LogP contribution in [-0.2, 0) is 29.3 Å². The first-order valence-corrected chi connectivity index (χ1v) is 12.1. The number of nitrogens with one attached hydrogen (secondary N) is 1. The molecule has 1 fully saturated rings. The molecule has 13 heteroatoms. The number of phenolic OH excluding ortho intramolecular Hbond substituents is 1. The van der Waals surface area contributed by atoms with Gasteiger partial charge in [0.15, 0.2) is 5.82 Å². The van der Waals surface area contributed by atoms with Crippen LogP contribution in [0.25, 0.3) is 5.57 Å². The highest BCUT2D eigenvalue weighted by atomic mass is 32.2. The van der Waals surface area contributed by atoms with Crippen LogP contribution in [0.15, 0.2) is 18.2 Å². The van der Waals surface area contributed by atoms with Crippen LogP contribution in [0.1, 0.15) is 39.7 Å². The summed E-state index contributed by atoms with van der Waals surface area (Å²) in [4.78, 5) is 24.8. The third-order valence-corrected chi connectivity index (χ3v) is 6.83. The number of phenols is 1. The predicted octanol–water partition coefficient (Wildman–Crippen LogP) is 1.03. The lowest BCUT2D eigenvalue weighted by molar-refractivity contribution is -0.268. The number of aliphatic hydroxyl groups is 1. The molecule has 1 amide bonds. The van der Waals surface area contributed by atoms with Crippen LogP contribution in [0, 0.1) is 11.7 Å². The van der Waals surface area contributed by atoms with Gasteiger partial charge in [-0.05, 0) is 31.1 Å². The number of amides is 1. The smallest absolute Gasteiger partial charge is 0.326 e. The van der Waals surface area contributed by atoms with E-state index in [2.05, 4.69) is 0 Å². The molecule has 3 atom stereocenters. The van der Waals surface area contributed by atoms with Gasteiger partial charge in [-0.1, -0.05) is 26.8 Å². The summed E-state index contributed by atoms with van der Waals surface area (Å²) >= 11 is 0. The van der Waals surface area contributed by atoms with E-state index in [1.807, 2.05) is 6.92 Å². The number of halogens is 1. The molecule has 0 saturated carbocycles. The zero-order valence-electron chi connectivity index (χ0n) is 19.2. The molecule has 2 aliphatic rings. The quantitative estimate of drug-likeness (QED) is 0.351. The second-order valence-corrected chi connectivity index (χ2v) is 9.89. The topological polar surface area (TPSA) is 146 Å². The first kappa shape index (κ1) is 25.9. The van der Waals surface area contributed by atoms with Gasteiger partial charge in [-0.15, -0.1) is 0 Å². The summed E-state index contributed by atoms with van der Waals surface area (Å²) < 4.78 is 52.6. The molecule has 0 aromatic heterocycles. The van der Waals surface area contributed by atoms with Crippen molar-refractivity contribution < 1.29 is 42.1 Å². The van der Waals surface area contributed by atoms with Crippen LogP contribution in [-0.4, -0.2) is 67.2 Å². The van der Waals surface area contributed by atoms with Crippen molar-refractivity contribution in [1.29, 1.82) is 0 Å². The van der Waals surface area contributed by atoms with E-state index in [0.717, 1.165) is 6.07 Å². The molecule has 3 N–H and O–H groups in total. The van der Waals surface area contributed by atoms with Crippen molar-refractivity contribution in [2.45, 2.75) is 52.9 Å². The van der Waals surface area contributed by atoms with Gasteiger partial charge < -0.3 is 14.9 Å². The van der Waals surface area contributed by atoms with Crippen molar-refractivity contribution >= 4 is 33.3 Å². The van der Waals surface area contributed by atoms with E-state index < -0.39 is 58.6 Å². The number of carbonyl (C=O) groups excluding carboxylic acids is 2. The number of aliphatic hydroxyl groups excluding tert-OH is 1. The SMILES string of the molecule is CCC1C=C(c2ccc(O)c(N3CC(=O)NS3(=O)=O)c2F)CN1C(O)OC(C)OC(=O)C(C)C. The van der Waals surface area contributed by atoms with Gasteiger partial charge in [0.05, 0.1) is 5.92 Å². The normalized spacial score (nSPS) is 22.0. The van der Waals surface area contributed by atoms with E-state index in [1.54, 1.807) is 24.6 Å². The monoisotopic (exact) mass is 501 g/mol. The Morgan fingerprint density at radius 3 is 2.53 bits per heavy atom. The summed E-state index contributed by atoms with van der Waals surface area (Å²) in [5, 5.41) is 20.8. The Bertz CT molecular complexity index is 1110. The fourth-order valence-electron chi connectivity index (χ4n) is 3.73. The Balaban J connectivity index is 1.83.